The SMILES string of the molecule is CCS(=O)(=O)N(O)O. The first kappa shape index (κ1) is 7.83. The van der Waals surface area contributed by atoms with E-state index in [2.05, 4.69) is 0 Å². The van der Waals surface area contributed by atoms with Crippen LogP contribution in [0.15, 0.2) is 0 Å². The Bertz CT molecular complexity index is 147. The molecular formula is C2H7NO4S. The maximum atomic E-state index is 10.1. The fourth-order valence-electron chi connectivity index (χ4n) is 0.115. The van der Waals surface area contributed by atoms with Gasteiger partial charge in [0.1, 0.15) is 0 Å². The molecule has 8 heavy (non-hydrogen) atoms. The predicted molar refractivity (Wildman–Crippen MR) is 24.9 cm³/mol. The van der Waals surface area contributed by atoms with Crippen molar-refractivity contribution >= 4 is 10.0 Å². The Kier molecular flexibility index (Phi) is 2.35. The summed E-state index contributed by atoms with van der Waals surface area (Å²) in [6.07, 6.45) is 0. The highest BCUT2D eigenvalue weighted by atomic mass is 32.2. The standard InChI is InChI=1S/C2H7NO4S/c1-2-8(6,7)3(4)5/h4-5H,2H2,1H3. The lowest BCUT2D eigenvalue weighted by Gasteiger charge is -2.02. The Labute approximate surface area is 47.1 Å². The molecule has 0 bridgehead atoms. The fourth-order valence-corrected chi connectivity index (χ4v) is 0.346. The Morgan fingerprint density at radius 1 is 1.50 bits per heavy atom. The number of rotatable bonds is 2. The van der Waals surface area contributed by atoms with Gasteiger partial charge in [-0.05, 0) is 6.92 Å². The van der Waals surface area contributed by atoms with Gasteiger partial charge >= 0.3 is 0 Å². The van der Waals surface area contributed by atoms with Crippen molar-refractivity contribution in [3.63, 3.8) is 0 Å². The zero-order valence-corrected chi connectivity index (χ0v) is 5.09. The van der Waals surface area contributed by atoms with E-state index < -0.39 is 14.7 Å². The minimum absolute atomic E-state index is 0.319. The van der Waals surface area contributed by atoms with Crippen LogP contribution in [0.25, 0.3) is 0 Å². The molecule has 0 fully saturated rings. The Morgan fingerprint density at radius 3 is 1.88 bits per heavy atom. The van der Waals surface area contributed by atoms with Gasteiger partial charge in [0.25, 0.3) is 10.0 Å². The second kappa shape index (κ2) is 2.40. The van der Waals surface area contributed by atoms with Gasteiger partial charge in [0.15, 0.2) is 0 Å². The average Bonchev–Trinajstić information content (AvgIpc) is 1.67. The van der Waals surface area contributed by atoms with E-state index in [4.69, 9.17) is 10.4 Å². The van der Waals surface area contributed by atoms with Gasteiger partial charge in [-0.3, -0.25) is 10.4 Å². The summed E-state index contributed by atoms with van der Waals surface area (Å²) in [5, 5.41) is 15.8. The van der Waals surface area contributed by atoms with Crippen LogP contribution in [-0.2, 0) is 10.0 Å². The molecule has 0 aromatic rings. The van der Waals surface area contributed by atoms with E-state index in [-0.39, 0.29) is 5.75 Å². The summed E-state index contributed by atoms with van der Waals surface area (Å²) < 4.78 is 19.5. The molecule has 50 valence electrons. The fraction of sp³-hybridized carbons (Fsp3) is 1.00. The van der Waals surface area contributed by atoms with Crippen LogP contribution >= 0.6 is 0 Å². The van der Waals surface area contributed by atoms with Gasteiger partial charge < -0.3 is 0 Å². The highest BCUT2D eigenvalue weighted by molar-refractivity contribution is 7.88. The van der Waals surface area contributed by atoms with Crippen LogP contribution < -0.4 is 0 Å². The molecule has 0 saturated carbocycles. The average molecular weight is 141 g/mol. The first-order valence-corrected chi connectivity index (χ1v) is 3.52. The van der Waals surface area contributed by atoms with Crippen LogP contribution in [0.3, 0.4) is 0 Å². The molecule has 0 amide bonds. The highest BCUT2D eigenvalue weighted by Gasteiger charge is 2.12. The van der Waals surface area contributed by atoms with Crippen LogP contribution in [0.4, 0.5) is 0 Å². The maximum absolute atomic E-state index is 10.1. The highest BCUT2D eigenvalue weighted by Crippen LogP contribution is 1.89. The molecule has 0 spiro atoms. The van der Waals surface area contributed by atoms with Crippen LogP contribution in [0.5, 0.6) is 0 Å². The molecule has 0 atom stereocenters. The van der Waals surface area contributed by atoms with Gasteiger partial charge in [0.2, 0.25) is 0 Å². The predicted octanol–water partition coefficient (Wildman–Crippen LogP) is -0.583. The van der Waals surface area contributed by atoms with E-state index in [0.29, 0.717) is 0 Å². The minimum Gasteiger partial charge on any atom is -0.276 e. The van der Waals surface area contributed by atoms with Gasteiger partial charge in [-0.2, -0.15) is 0 Å². The van der Waals surface area contributed by atoms with Crippen LogP contribution in [0, 0.1) is 0 Å². The second-order valence-corrected chi connectivity index (χ2v) is 3.19. The lowest BCUT2D eigenvalue weighted by Crippen LogP contribution is -2.24. The summed E-state index contributed by atoms with van der Waals surface area (Å²) in [5.41, 5.74) is 0. The molecule has 0 aliphatic rings. The lowest BCUT2D eigenvalue weighted by molar-refractivity contribution is -0.226. The van der Waals surface area contributed by atoms with Crippen molar-refractivity contribution in [2.45, 2.75) is 6.92 Å². The Morgan fingerprint density at radius 2 is 1.88 bits per heavy atom. The molecule has 0 saturated heterocycles. The normalized spacial score (nSPS) is 12.5. The van der Waals surface area contributed by atoms with Gasteiger partial charge in [-0.15, -0.1) is 0 Å². The van der Waals surface area contributed by atoms with E-state index in [1.165, 1.54) is 6.92 Å². The lowest BCUT2D eigenvalue weighted by atomic mass is 11.0. The van der Waals surface area contributed by atoms with Crippen LogP contribution in [0.1, 0.15) is 6.92 Å². The number of hydrogen-bond acceptors (Lipinski definition) is 4. The van der Waals surface area contributed by atoms with E-state index in [1.807, 2.05) is 0 Å². The molecule has 0 aliphatic heterocycles. The van der Waals surface area contributed by atoms with E-state index in [9.17, 15) is 8.42 Å². The molecular weight excluding hydrogens is 134 g/mol. The number of nitrogens with zero attached hydrogens (tertiary/aromatic N) is 1. The third-order valence-corrected chi connectivity index (χ3v) is 1.84. The quantitative estimate of drug-likeness (QED) is 0.504. The Balaban J connectivity index is 4.17. The molecule has 0 aromatic carbocycles. The van der Waals surface area contributed by atoms with Crippen molar-refractivity contribution in [1.82, 2.24) is 4.63 Å². The minimum atomic E-state index is -3.79. The van der Waals surface area contributed by atoms with E-state index >= 15 is 0 Å². The largest absolute Gasteiger partial charge is 0.276 e. The van der Waals surface area contributed by atoms with Crippen molar-refractivity contribution in [1.29, 1.82) is 0 Å². The zero-order valence-electron chi connectivity index (χ0n) is 4.27. The van der Waals surface area contributed by atoms with Crippen molar-refractivity contribution in [2.75, 3.05) is 5.75 Å². The molecule has 2 N–H and O–H groups in total. The maximum Gasteiger partial charge on any atom is 0.259 e. The molecule has 0 aliphatic carbocycles. The molecule has 5 nitrogen and oxygen atoms in total. The summed E-state index contributed by atoms with van der Waals surface area (Å²) in [5.74, 6) is -0.319. The molecule has 6 heteroatoms. The first-order chi connectivity index (χ1) is 3.50. The van der Waals surface area contributed by atoms with E-state index in [0.717, 1.165) is 0 Å². The van der Waals surface area contributed by atoms with Crippen molar-refractivity contribution < 1.29 is 18.8 Å². The smallest absolute Gasteiger partial charge is 0.259 e. The van der Waals surface area contributed by atoms with Crippen LogP contribution in [0.2, 0.25) is 0 Å². The van der Waals surface area contributed by atoms with Gasteiger partial charge in [0.05, 0.1) is 5.75 Å². The van der Waals surface area contributed by atoms with Crippen molar-refractivity contribution in [2.24, 2.45) is 0 Å². The zero-order chi connectivity index (χ0) is 6.78. The summed E-state index contributed by atoms with van der Waals surface area (Å²) in [6, 6.07) is 0. The van der Waals surface area contributed by atoms with Crippen molar-refractivity contribution in [3.05, 3.63) is 0 Å². The molecule has 0 rings (SSSR count). The van der Waals surface area contributed by atoms with E-state index in [1.54, 1.807) is 0 Å². The summed E-state index contributed by atoms with van der Waals surface area (Å²) in [4.78, 5) is 0. The number of hydrogen-bond donors (Lipinski definition) is 2. The molecule has 0 radical (unpaired) electrons. The second-order valence-electron chi connectivity index (χ2n) is 1.12. The van der Waals surface area contributed by atoms with Crippen molar-refractivity contribution in [3.8, 4) is 0 Å². The monoisotopic (exact) mass is 141 g/mol. The molecule has 0 heterocycles. The Hall–Kier alpha value is -0.170. The summed E-state index contributed by atoms with van der Waals surface area (Å²) in [6.45, 7) is 1.30. The van der Waals surface area contributed by atoms with Gasteiger partial charge in [-0.25, -0.2) is 8.42 Å². The summed E-state index contributed by atoms with van der Waals surface area (Å²) >= 11 is 0. The summed E-state index contributed by atoms with van der Waals surface area (Å²) in [7, 11) is -3.79. The van der Waals surface area contributed by atoms with Gasteiger partial charge in [0, 0.05) is 4.63 Å². The third kappa shape index (κ3) is 1.74. The topological polar surface area (TPSA) is 77.8 Å². The first-order valence-electron chi connectivity index (χ1n) is 1.91. The number of sulfonamides is 1. The van der Waals surface area contributed by atoms with Gasteiger partial charge in [-0.1, -0.05) is 0 Å². The third-order valence-electron chi connectivity index (χ3n) is 0.614. The molecule has 0 aromatic heterocycles. The van der Waals surface area contributed by atoms with Crippen LogP contribution in [-0.4, -0.2) is 29.2 Å². The molecule has 0 unspecified atom stereocenters.